The van der Waals surface area contributed by atoms with Gasteiger partial charge in [0.1, 0.15) is 0 Å². The highest BCUT2D eigenvalue weighted by Gasteiger charge is 2.68. The van der Waals surface area contributed by atoms with E-state index in [9.17, 15) is 0 Å². The first-order valence-corrected chi connectivity index (χ1v) is 6.87. The molecule has 0 radical (unpaired) electrons. The van der Waals surface area contributed by atoms with Gasteiger partial charge in [-0.05, 0) is 42.8 Å². The van der Waals surface area contributed by atoms with E-state index < -0.39 is 0 Å². The van der Waals surface area contributed by atoms with Crippen LogP contribution >= 0.6 is 0 Å². The van der Waals surface area contributed by atoms with E-state index in [-0.39, 0.29) is 12.7 Å². The van der Waals surface area contributed by atoms with Gasteiger partial charge in [-0.2, -0.15) is 0 Å². The van der Waals surface area contributed by atoms with Gasteiger partial charge in [0.05, 0.1) is 11.7 Å². The van der Waals surface area contributed by atoms with Crippen LogP contribution in [0.1, 0.15) is 47.0 Å². The van der Waals surface area contributed by atoms with E-state index >= 15 is 0 Å². The largest absolute Gasteiger partial charge is 0.457 e. The highest BCUT2D eigenvalue weighted by molar-refractivity contribution is 6.45. The molecule has 4 atom stereocenters. The summed E-state index contributed by atoms with van der Waals surface area (Å²) in [5, 5.41) is 0. The normalized spacial score (nSPS) is 48.8. The quantitative estimate of drug-likeness (QED) is 0.668. The zero-order valence-corrected chi connectivity index (χ0v) is 11.0. The Labute approximate surface area is 99.2 Å². The first kappa shape index (κ1) is 11.1. The summed E-state index contributed by atoms with van der Waals surface area (Å²) in [4.78, 5) is 0. The van der Waals surface area contributed by atoms with Gasteiger partial charge in [0.15, 0.2) is 0 Å². The fourth-order valence-electron chi connectivity index (χ4n) is 4.45. The van der Waals surface area contributed by atoms with E-state index in [1.807, 2.05) is 0 Å². The van der Waals surface area contributed by atoms with Gasteiger partial charge in [-0.3, -0.25) is 0 Å². The molecule has 0 N–H and O–H groups in total. The number of hydrogen-bond acceptors (Lipinski definition) is 2. The lowest BCUT2D eigenvalue weighted by Crippen LogP contribution is -2.66. The molecule has 3 aliphatic carbocycles. The first-order valence-electron chi connectivity index (χ1n) is 6.87. The van der Waals surface area contributed by atoms with Crippen molar-refractivity contribution in [2.75, 3.05) is 0 Å². The molecular weight excluding hydrogens is 199 g/mol. The van der Waals surface area contributed by atoms with Crippen LogP contribution in [0.4, 0.5) is 0 Å². The standard InChI is InChI=1S/C13H23BO2/c1-5-13-10-7-9(12(10,3)4)8-11(13)15-14(6-2)16-13/h9-11H,5-8H2,1-4H3/t9?,10?,11?,13-/m0/s1. The van der Waals surface area contributed by atoms with Gasteiger partial charge in [-0.15, -0.1) is 0 Å². The molecule has 1 saturated heterocycles. The molecule has 0 amide bonds. The van der Waals surface area contributed by atoms with E-state index in [0.717, 1.165) is 18.7 Å². The van der Waals surface area contributed by atoms with Gasteiger partial charge < -0.3 is 9.31 Å². The Morgan fingerprint density at radius 3 is 2.56 bits per heavy atom. The second-order valence-corrected chi connectivity index (χ2v) is 6.43. The van der Waals surface area contributed by atoms with Crippen LogP contribution in [0.2, 0.25) is 6.32 Å². The molecular formula is C13H23BO2. The minimum atomic E-state index is 0.0406. The van der Waals surface area contributed by atoms with Gasteiger partial charge in [-0.1, -0.05) is 27.7 Å². The molecule has 3 unspecified atom stereocenters. The summed E-state index contributed by atoms with van der Waals surface area (Å²) in [5.41, 5.74) is 0.511. The molecule has 3 heteroatoms. The topological polar surface area (TPSA) is 18.5 Å². The number of hydrogen-bond donors (Lipinski definition) is 0. The molecule has 2 nitrogen and oxygen atoms in total. The maximum absolute atomic E-state index is 6.31. The molecule has 2 bridgehead atoms. The summed E-state index contributed by atoms with van der Waals surface area (Å²) in [6, 6.07) is 0. The van der Waals surface area contributed by atoms with Crippen molar-refractivity contribution in [1.29, 1.82) is 0 Å². The van der Waals surface area contributed by atoms with E-state index in [2.05, 4.69) is 27.7 Å². The lowest BCUT2D eigenvalue weighted by Gasteiger charge is -2.65. The van der Waals surface area contributed by atoms with Crippen molar-refractivity contribution >= 4 is 7.12 Å². The molecule has 90 valence electrons. The van der Waals surface area contributed by atoms with Gasteiger partial charge in [-0.25, -0.2) is 0 Å². The van der Waals surface area contributed by atoms with Gasteiger partial charge in [0, 0.05) is 0 Å². The predicted octanol–water partition coefficient (Wildman–Crippen LogP) is 3.12. The average molecular weight is 222 g/mol. The van der Waals surface area contributed by atoms with Crippen LogP contribution in [0.5, 0.6) is 0 Å². The molecule has 16 heavy (non-hydrogen) atoms. The van der Waals surface area contributed by atoms with Crippen LogP contribution in [0.3, 0.4) is 0 Å². The predicted molar refractivity (Wildman–Crippen MR) is 65.2 cm³/mol. The van der Waals surface area contributed by atoms with Gasteiger partial charge >= 0.3 is 7.12 Å². The maximum atomic E-state index is 6.31. The third kappa shape index (κ3) is 1.12. The Balaban J connectivity index is 1.92. The Kier molecular flexibility index (Phi) is 2.26. The highest BCUT2D eigenvalue weighted by atomic mass is 16.7. The molecule has 4 aliphatic rings. The smallest absolute Gasteiger partial charge is 0.405 e. The molecule has 3 saturated carbocycles. The lowest BCUT2D eigenvalue weighted by atomic mass is 9.43. The summed E-state index contributed by atoms with van der Waals surface area (Å²) in [6.07, 6.45) is 5.04. The Morgan fingerprint density at radius 1 is 1.25 bits per heavy atom. The fraction of sp³-hybridized carbons (Fsp3) is 1.00. The zero-order valence-electron chi connectivity index (χ0n) is 11.0. The van der Waals surface area contributed by atoms with Crippen molar-refractivity contribution in [1.82, 2.24) is 0 Å². The van der Waals surface area contributed by atoms with E-state index in [4.69, 9.17) is 9.31 Å². The highest BCUT2D eigenvalue weighted by Crippen LogP contribution is 2.66. The van der Waals surface area contributed by atoms with Crippen molar-refractivity contribution in [2.24, 2.45) is 17.3 Å². The summed E-state index contributed by atoms with van der Waals surface area (Å²) >= 11 is 0. The van der Waals surface area contributed by atoms with Crippen LogP contribution in [0.25, 0.3) is 0 Å². The van der Waals surface area contributed by atoms with Crippen LogP contribution in [-0.2, 0) is 9.31 Å². The molecule has 1 heterocycles. The second-order valence-electron chi connectivity index (χ2n) is 6.43. The van der Waals surface area contributed by atoms with E-state index in [1.165, 1.54) is 12.8 Å². The van der Waals surface area contributed by atoms with Crippen molar-refractivity contribution in [3.63, 3.8) is 0 Å². The minimum absolute atomic E-state index is 0.0406. The molecule has 4 fully saturated rings. The summed E-state index contributed by atoms with van der Waals surface area (Å²) < 4.78 is 12.4. The maximum Gasteiger partial charge on any atom is 0.457 e. The van der Waals surface area contributed by atoms with Crippen LogP contribution in [-0.4, -0.2) is 18.8 Å². The van der Waals surface area contributed by atoms with Gasteiger partial charge in [0.25, 0.3) is 0 Å². The third-order valence-corrected chi connectivity index (χ3v) is 5.66. The molecule has 4 rings (SSSR count). The van der Waals surface area contributed by atoms with Crippen LogP contribution < -0.4 is 0 Å². The third-order valence-electron chi connectivity index (χ3n) is 5.66. The van der Waals surface area contributed by atoms with Crippen LogP contribution in [0.15, 0.2) is 0 Å². The first-order chi connectivity index (χ1) is 7.54. The molecule has 0 aromatic carbocycles. The van der Waals surface area contributed by atoms with Crippen molar-refractivity contribution in [3.05, 3.63) is 0 Å². The van der Waals surface area contributed by atoms with Crippen molar-refractivity contribution in [3.8, 4) is 0 Å². The van der Waals surface area contributed by atoms with E-state index in [0.29, 0.717) is 17.4 Å². The van der Waals surface area contributed by atoms with Gasteiger partial charge in [0.2, 0.25) is 0 Å². The fourth-order valence-corrected chi connectivity index (χ4v) is 4.45. The molecule has 0 aromatic heterocycles. The second kappa shape index (κ2) is 3.26. The summed E-state index contributed by atoms with van der Waals surface area (Å²) in [5.74, 6) is 1.58. The SMILES string of the molecule is CCB1OC2CC3CC(C3(C)C)[C@]2(CC)O1. The lowest BCUT2D eigenvalue weighted by molar-refractivity contribution is -0.208. The minimum Gasteiger partial charge on any atom is -0.405 e. The van der Waals surface area contributed by atoms with E-state index in [1.54, 1.807) is 0 Å². The Morgan fingerprint density at radius 2 is 2.00 bits per heavy atom. The Bertz CT molecular complexity index is 304. The van der Waals surface area contributed by atoms with Crippen molar-refractivity contribution < 1.29 is 9.31 Å². The average Bonchev–Trinajstić information content (AvgIpc) is 2.67. The summed E-state index contributed by atoms with van der Waals surface area (Å²) in [6.45, 7) is 9.26. The molecule has 0 spiro atoms. The zero-order chi connectivity index (χ0) is 11.6. The molecule has 0 aromatic rings. The monoisotopic (exact) mass is 222 g/mol. The Hall–Kier alpha value is -0.0151. The molecule has 1 aliphatic heterocycles. The number of rotatable bonds is 2. The van der Waals surface area contributed by atoms with Crippen molar-refractivity contribution in [2.45, 2.75) is 65.0 Å². The summed E-state index contributed by atoms with van der Waals surface area (Å²) in [7, 11) is 0.0556. The van der Waals surface area contributed by atoms with Crippen LogP contribution in [0, 0.1) is 17.3 Å².